The lowest BCUT2D eigenvalue weighted by molar-refractivity contribution is -0.384. The molecule has 9 heteroatoms. The fraction of sp³-hybridized carbons (Fsp3) is 0.333. The summed E-state index contributed by atoms with van der Waals surface area (Å²) in [6.45, 7) is 4.81. The lowest BCUT2D eigenvalue weighted by Gasteiger charge is -2.25. The molecule has 142 valence electrons. The molecule has 0 spiro atoms. The highest BCUT2D eigenvalue weighted by Crippen LogP contribution is 2.28. The number of nitrogens with zero attached hydrogens (tertiary/aromatic N) is 3. The molecule has 0 saturated carbocycles. The molecule has 9 nitrogen and oxygen atoms in total. The van der Waals surface area contributed by atoms with E-state index in [4.69, 9.17) is 9.15 Å². The Morgan fingerprint density at radius 3 is 2.85 bits per heavy atom. The number of carbonyl (C=O) groups is 1. The second-order valence-electron chi connectivity index (χ2n) is 6.14. The summed E-state index contributed by atoms with van der Waals surface area (Å²) in [4.78, 5) is 24.4. The van der Waals surface area contributed by atoms with Crippen molar-refractivity contribution in [1.29, 1.82) is 0 Å². The Morgan fingerprint density at radius 2 is 2.11 bits per heavy atom. The topological polar surface area (TPSA) is 110 Å². The molecular weight excluding hydrogens is 352 g/mol. The first-order chi connectivity index (χ1) is 13.0. The number of nitrogens with one attached hydrogen (secondary N) is 1. The summed E-state index contributed by atoms with van der Waals surface area (Å²) in [5, 5.41) is 14.8. The van der Waals surface area contributed by atoms with Gasteiger partial charge in [0.05, 0.1) is 30.9 Å². The average molecular weight is 372 g/mol. The van der Waals surface area contributed by atoms with Crippen molar-refractivity contribution >= 4 is 17.8 Å². The SMILES string of the molecule is Cc1ccc([N+](=O)[O-])cc1-c1ccc(/C=N/NC(=O)CN2CCOCC2)o1. The maximum atomic E-state index is 11.9. The van der Waals surface area contributed by atoms with Crippen LogP contribution in [0.1, 0.15) is 11.3 Å². The van der Waals surface area contributed by atoms with Crippen molar-refractivity contribution in [2.75, 3.05) is 32.8 Å². The van der Waals surface area contributed by atoms with Crippen molar-refractivity contribution in [1.82, 2.24) is 10.3 Å². The van der Waals surface area contributed by atoms with Crippen LogP contribution in [0.2, 0.25) is 0 Å². The van der Waals surface area contributed by atoms with E-state index in [1.807, 2.05) is 11.8 Å². The van der Waals surface area contributed by atoms with E-state index >= 15 is 0 Å². The van der Waals surface area contributed by atoms with Crippen LogP contribution in [0.25, 0.3) is 11.3 Å². The van der Waals surface area contributed by atoms with Crippen molar-refractivity contribution in [3.63, 3.8) is 0 Å². The maximum absolute atomic E-state index is 11.9. The maximum Gasteiger partial charge on any atom is 0.270 e. The third kappa shape index (κ3) is 4.99. The Bertz CT molecular complexity index is 855. The Kier molecular flexibility index (Phi) is 5.94. The van der Waals surface area contributed by atoms with Crippen LogP contribution in [-0.4, -0.2) is 54.8 Å². The van der Waals surface area contributed by atoms with Gasteiger partial charge >= 0.3 is 0 Å². The predicted molar refractivity (Wildman–Crippen MR) is 98.5 cm³/mol. The van der Waals surface area contributed by atoms with E-state index in [9.17, 15) is 14.9 Å². The van der Waals surface area contributed by atoms with E-state index in [0.29, 0.717) is 30.3 Å². The van der Waals surface area contributed by atoms with E-state index in [-0.39, 0.29) is 18.1 Å². The Hall–Kier alpha value is -3.04. The van der Waals surface area contributed by atoms with Gasteiger partial charge in [-0.3, -0.25) is 19.8 Å². The summed E-state index contributed by atoms with van der Waals surface area (Å²) in [6, 6.07) is 8.00. The minimum absolute atomic E-state index is 0.00223. The number of morpholine rings is 1. The summed E-state index contributed by atoms with van der Waals surface area (Å²) in [5.74, 6) is 0.717. The number of hydrazone groups is 1. The number of aryl methyl sites for hydroxylation is 1. The summed E-state index contributed by atoms with van der Waals surface area (Å²) < 4.78 is 10.9. The predicted octanol–water partition coefficient (Wildman–Crippen LogP) is 1.95. The molecular formula is C18H20N4O5. The van der Waals surface area contributed by atoms with E-state index in [1.54, 1.807) is 18.2 Å². The second kappa shape index (κ2) is 8.56. The molecule has 1 aromatic heterocycles. The molecule has 2 heterocycles. The number of nitro benzene ring substituents is 1. The van der Waals surface area contributed by atoms with Gasteiger partial charge in [-0.1, -0.05) is 6.07 Å². The van der Waals surface area contributed by atoms with Crippen molar-refractivity contribution in [3.8, 4) is 11.3 Å². The van der Waals surface area contributed by atoms with Gasteiger partial charge in [0.25, 0.3) is 11.6 Å². The third-order valence-electron chi connectivity index (χ3n) is 4.18. The molecule has 0 bridgehead atoms. The van der Waals surface area contributed by atoms with Gasteiger partial charge in [-0.05, 0) is 24.6 Å². The number of hydrogen-bond donors (Lipinski definition) is 1. The highest BCUT2D eigenvalue weighted by Gasteiger charge is 2.14. The minimum Gasteiger partial charge on any atom is -0.455 e. The lowest BCUT2D eigenvalue weighted by atomic mass is 10.1. The number of ether oxygens (including phenoxy) is 1. The summed E-state index contributed by atoms with van der Waals surface area (Å²) in [5.41, 5.74) is 3.96. The van der Waals surface area contributed by atoms with Crippen LogP contribution in [0, 0.1) is 17.0 Å². The van der Waals surface area contributed by atoms with Gasteiger partial charge in [-0.2, -0.15) is 5.10 Å². The molecule has 0 atom stereocenters. The molecule has 0 aliphatic carbocycles. The molecule has 2 aromatic rings. The standard InChI is InChI=1S/C18H20N4O5/c1-13-2-3-14(22(24)25)10-16(13)17-5-4-15(27-17)11-19-20-18(23)12-21-6-8-26-9-7-21/h2-5,10-11H,6-9,12H2,1H3,(H,20,23)/b19-11+. The molecule has 1 saturated heterocycles. The smallest absolute Gasteiger partial charge is 0.270 e. The molecule has 0 radical (unpaired) electrons. The Labute approximate surface area is 155 Å². The molecule has 1 amide bonds. The fourth-order valence-electron chi connectivity index (χ4n) is 2.72. The van der Waals surface area contributed by atoms with Crippen LogP contribution in [0.5, 0.6) is 0 Å². The van der Waals surface area contributed by atoms with Crippen molar-refractivity contribution in [3.05, 3.63) is 51.8 Å². The molecule has 1 N–H and O–H groups in total. The number of furan rings is 1. The molecule has 3 rings (SSSR count). The lowest BCUT2D eigenvalue weighted by Crippen LogP contribution is -2.42. The minimum atomic E-state index is -0.446. The number of non-ortho nitro benzene ring substituents is 1. The van der Waals surface area contributed by atoms with Gasteiger partial charge in [0.2, 0.25) is 0 Å². The third-order valence-corrected chi connectivity index (χ3v) is 4.18. The highest BCUT2D eigenvalue weighted by molar-refractivity contribution is 5.82. The van der Waals surface area contributed by atoms with Crippen LogP contribution in [-0.2, 0) is 9.53 Å². The Morgan fingerprint density at radius 1 is 1.33 bits per heavy atom. The van der Waals surface area contributed by atoms with E-state index < -0.39 is 4.92 Å². The van der Waals surface area contributed by atoms with Crippen molar-refractivity contribution in [2.24, 2.45) is 5.10 Å². The van der Waals surface area contributed by atoms with Crippen LogP contribution in [0.4, 0.5) is 5.69 Å². The van der Waals surface area contributed by atoms with Crippen LogP contribution < -0.4 is 5.43 Å². The number of amides is 1. The molecule has 1 fully saturated rings. The zero-order valence-electron chi connectivity index (χ0n) is 14.9. The van der Waals surface area contributed by atoms with E-state index in [1.165, 1.54) is 18.3 Å². The second-order valence-corrected chi connectivity index (χ2v) is 6.14. The van der Waals surface area contributed by atoms with Gasteiger partial charge in [0.15, 0.2) is 0 Å². The van der Waals surface area contributed by atoms with Crippen LogP contribution in [0.15, 0.2) is 39.9 Å². The number of nitro groups is 1. The molecule has 27 heavy (non-hydrogen) atoms. The van der Waals surface area contributed by atoms with Gasteiger partial charge in [-0.15, -0.1) is 0 Å². The summed E-state index contributed by atoms with van der Waals surface area (Å²) in [7, 11) is 0. The normalized spacial score (nSPS) is 15.1. The van der Waals surface area contributed by atoms with Crippen LogP contribution >= 0.6 is 0 Å². The molecule has 1 aliphatic rings. The average Bonchev–Trinajstić information content (AvgIpc) is 3.11. The first-order valence-electron chi connectivity index (χ1n) is 8.50. The number of rotatable bonds is 6. The zero-order chi connectivity index (χ0) is 19.2. The summed E-state index contributed by atoms with van der Waals surface area (Å²) in [6.07, 6.45) is 1.40. The van der Waals surface area contributed by atoms with Crippen LogP contribution in [0.3, 0.4) is 0 Å². The van der Waals surface area contributed by atoms with E-state index in [2.05, 4.69) is 10.5 Å². The quantitative estimate of drug-likeness (QED) is 0.471. The molecule has 0 unspecified atom stereocenters. The highest BCUT2D eigenvalue weighted by atomic mass is 16.6. The number of carbonyl (C=O) groups excluding carboxylic acids is 1. The molecule has 1 aromatic carbocycles. The first kappa shape index (κ1) is 18.7. The van der Waals surface area contributed by atoms with Gasteiger partial charge in [0, 0.05) is 30.8 Å². The zero-order valence-corrected chi connectivity index (χ0v) is 14.9. The largest absolute Gasteiger partial charge is 0.455 e. The van der Waals surface area contributed by atoms with Gasteiger partial charge in [0.1, 0.15) is 11.5 Å². The molecule has 1 aliphatic heterocycles. The Balaban J connectivity index is 1.60. The summed E-state index contributed by atoms with van der Waals surface area (Å²) >= 11 is 0. The number of hydrogen-bond acceptors (Lipinski definition) is 7. The number of benzene rings is 1. The van der Waals surface area contributed by atoms with Gasteiger partial charge in [-0.25, -0.2) is 5.43 Å². The van der Waals surface area contributed by atoms with Gasteiger partial charge < -0.3 is 9.15 Å². The van der Waals surface area contributed by atoms with Crippen molar-refractivity contribution in [2.45, 2.75) is 6.92 Å². The first-order valence-corrected chi connectivity index (χ1v) is 8.50. The monoisotopic (exact) mass is 372 g/mol. The van der Waals surface area contributed by atoms with Crippen molar-refractivity contribution < 1.29 is 18.9 Å². The van der Waals surface area contributed by atoms with E-state index in [0.717, 1.165) is 18.7 Å². The fourth-order valence-corrected chi connectivity index (χ4v) is 2.72.